The number of benzene rings is 2. The summed E-state index contributed by atoms with van der Waals surface area (Å²) >= 11 is 12.3. The molecule has 0 aliphatic rings. The number of rotatable bonds is 5. The van der Waals surface area contributed by atoms with Gasteiger partial charge in [0.25, 0.3) is 0 Å². The molecule has 0 radical (unpaired) electrons. The Hall–Kier alpha value is -1.57. The zero-order chi connectivity index (χ0) is 17.9. The monoisotopic (exact) mass is 476 g/mol. The molecule has 0 spiro atoms. The number of aromatic carboxylic acids is 1. The van der Waals surface area contributed by atoms with Crippen molar-refractivity contribution in [2.45, 2.75) is 13.0 Å². The maximum absolute atomic E-state index is 12.1. The van der Waals surface area contributed by atoms with E-state index in [9.17, 15) is 9.59 Å². The minimum atomic E-state index is -1.07. The van der Waals surface area contributed by atoms with E-state index in [1.807, 2.05) is 0 Å². The molecule has 0 aliphatic carbocycles. The van der Waals surface area contributed by atoms with Gasteiger partial charge in [-0.25, -0.2) is 9.59 Å². The van der Waals surface area contributed by atoms with E-state index in [1.54, 1.807) is 25.1 Å². The van der Waals surface area contributed by atoms with Crippen LogP contribution in [0.4, 0.5) is 0 Å². The van der Waals surface area contributed by atoms with Crippen molar-refractivity contribution in [3.63, 3.8) is 0 Å². The summed E-state index contributed by atoms with van der Waals surface area (Å²) in [5.74, 6) is -1.04. The third-order valence-electron chi connectivity index (χ3n) is 2.92. The van der Waals surface area contributed by atoms with Crippen LogP contribution in [-0.4, -0.2) is 23.1 Å². The Kier molecular flexibility index (Phi) is 6.26. The van der Waals surface area contributed by atoms with Crippen molar-refractivity contribution in [1.29, 1.82) is 0 Å². The summed E-state index contributed by atoms with van der Waals surface area (Å²) in [5.41, 5.74) is 0.0797. The molecule has 0 saturated heterocycles. The van der Waals surface area contributed by atoms with Gasteiger partial charge in [0, 0.05) is 5.02 Å². The smallest absolute Gasteiger partial charge is 0.352 e. The van der Waals surface area contributed by atoms with Gasteiger partial charge >= 0.3 is 11.9 Å². The topological polar surface area (TPSA) is 72.8 Å². The molecular formula is C16H11Br2ClO5. The quantitative estimate of drug-likeness (QED) is 0.487. The maximum Gasteiger partial charge on any atom is 0.352 e. The summed E-state index contributed by atoms with van der Waals surface area (Å²) < 4.78 is 11.7. The fourth-order valence-corrected chi connectivity index (χ4v) is 2.95. The highest BCUT2D eigenvalue weighted by Gasteiger charge is 2.20. The van der Waals surface area contributed by atoms with E-state index >= 15 is 0 Å². The summed E-state index contributed by atoms with van der Waals surface area (Å²) in [6, 6.07) is 9.02. The molecule has 1 unspecified atom stereocenters. The van der Waals surface area contributed by atoms with E-state index in [2.05, 4.69) is 31.9 Å². The Labute approximate surface area is 159 Å². The Morgan fingerprint density at radius 2 is 1.71 bits per heavy atom. The number of hydrogen-bond acceptors (Lipinski definition) is 4. The molecule has 0 aromatic heterocycles. The summed E-state index contributed by atoms with van der Waals surface area (Å²) in [6.07, 6.45) is -0.881. The van der Waals surface area contributed by atoms with Gasteiger partial charge in [0.15, 0.2) is 6.10 Å². The zero-order valence-corrected chi connectivity index (χ0v) is 16.2. The van der Waals surface area contributed by atoms with Crippen molar-refractivity contribution in [2.24, 2.45) is 0 Å². The third-order valence-corrected chi connectivity index (χ3v) is 4.39. The van der Waals surface area contributed by atoms with Gasteiger partial charge < -0.3 is 14.6 Å². The standard InChI is InChI=1S/C16H11Br2ClO5/c1-8(23-13-5-3-10(19)7-12(13)18)16(22)24-14-4-2-9(15(20)21)6-11(14)17/h2-8H,1H3,(H,20,21). The van der Waals surface area contributed by atoms with Gasteiger partial charge in [-0.15, -0.1) is 0 Å². The first-order valence-corrected chi connectivity index (χ1v) is 8.60. The third kappa shape index (κ3) is 4.72. The van der Waals surface area contributed by atoms with Crippen molar-refractivity contribution >= 4 is 55.4 Å². The van der Waals surface area contributed by atoms with E-state index in [4.69, 9.17) is 26.2 Å². The second-order valence-electron chi connectivity index (χ2n) is 4.71. The number of carbonyl (C=O) groups excluding carboxylic acids is 1. The van der Waals surface area contributed by atoms with E-state index in [0.29, 0.717) is 19.7 Å². The van der Waals surface area contributed by atoms with Crippen molar-refractivity contribution in [3.05, 3.63) is 55.9 Å². The second-order valence-corrected chi connectivity index (χ2v) is 6.85. The predicted molar refractivity (Wildman–Crippen MR) is 96.0 cm³/mol. The van der Waals surface area contributed by atoms with Gasteiger partial charge in [-0.1, -0.05) is 11.6 Å². The van der Waals surface area contributed by atoms with Crippen LogP contribution in [0.3, 0.4) is 0 Å². The van der Waals surface area contributed by atoms with Crippen LogP contribution in [0.5, 0.6) is 11.5 Å². The summed E-state index contributed by atoms with van der Waals surface area (Å²) in [6.45, 7) is 1.54. The molecule has 1 N–H and O–H groups in total. The summed E-state index contributed by atoms with van der Waals surface area (Å²) in [7, 11) is 0. The van der Waals surface area contributed by atoms with Crippen molar-refractivity contribution in [1.82, 2.24) is 0 Å². The molecule has 8 heteroatoms. The first kappa shape index (κ1) is 18.8. The van der Waals surface area contributed by atoms with E-state index < -0.39 is 18.0 Å². The normalized spacial score (nSPS) is 11.7. The number of halogens is 3. The Bertz CT molecular complexity index is 794. The van der Waals surface area contributed by atoms with Crippen LogP contribution in [0.25, 0.3) is 0 Å². The highest BCUT2D eigenvalue weighted by molar-refractivity contribution is 9.10. The number of carboxylic acids is 1. The van der Waals surface area contributed by atoms with Gasteiger partial charge in [-0.2, -0.15) is 0 Å². The van der Waals surface area contributed by atoms with Crippen molar-refractivity contribution in [2.75, 3.05) is 0 Å². The van der Waals surface area contributed by atoms with Gasteiger partial charge in [0.05, 0.1) is 14.5 Å². The number of ether oxygens (including phenoxy) is 2. The van der Waals surface area contributed by atoms with Crippen LogP contribution in [0, 0.1) is 0 Å². The molecule has 24 heavy (non-hydrogen) atoms. The molecule has 2 rings (SSSR count). The molecule has 5 nitrogen and oxygen atoms in total. The molecule has 0 aliphatic heterocycles. The first-order chi connectivity index (χ1) is 11.3. The number of carbonyl (C=O) groups is 2. The summed E-state index contributed by atoms with van der Waals surface area (Å²) in [5, 5.41) is 9.45. The molecule has 0 amide bonds. The molecule has 0 saturated carbocycles. The minimum Gasteiger partial charge on any atom is -0.478 e. The molecule has 2 aromatic rings. The van der Waals surface area contributed by atoms with Crippen LogP contribution in [0.15, 0.2) is 45.3 Å². The average Bonchev–Trinajstić information content (AvgIpc) is 2.51. The molecule has 2 aromatic carbocycles. The lowest BCUT2D eigenvalue weighted by Crippen LogP contribution is -2.28. The van der Waals surface area contributed by atoms with Gasteiger partial charge in [-0.05, 0) is 75.2 Å². The van der Waals surface area contributed by atoms with Crippen LogP contribution < -0.4 is 9.47 Å². The highest BCUT2D eigenvalue weighted by Crippen LogP contribution is 2.30. The molecule has 0 fully saturated rings. The fourth-order valence-electron chi connectivity index (χ4n) is 1.72. The first-order valence-electron chi connectivity index (χ1n) is 6.64. The lowest BCUT2D eigenvalue weighted by molar-refractivity contribution is -0.141. The van der Waals surface area contributed by atoms with Crippen LogP contribution in [0.1, 0.15) is 17.3 Å². The molecule has 0 bridgehead atoms. The lowest BCUT2D eigenvalue weighted by atomic mass is 10.2. The Morgan fingerprint density at radius 3 is 2.29 bits per heavy atom. The SMILES string of the molecule is CC(Oc1ccc(Cl)cc1Br)C(=O)Oc1ccc(C(=O)O)cc1Br. The molecule has 126 valence electrons. The predicted octanol–water partition coefficient (Wildman–Crippen LogP) is 4.94. The molecular weight excluding hydrogens is 467 g/mol. The van der Waals surface area contributed by atoms with Crippen LogP contribution >= 0.6 is 43.5 Å². The van der Waals surface area contributed by atoms with E-state index in [0.717, 1.165) is 0 Å². The number of esters is 1. The minimum absolute atomic E-state index is 0.0797. The zero-order valence-electron chi connectivity index (χ0n) is 12.3. The van der Waals surface area contributed by atoms with Crippen molar-refractivity contribution < 1.29 is 24.2 Å². The highest BCUT2D eigenvalue weighted by atomic mass is 79.9. The second kappa shape index (κ2) is 8.00. The van der Waals surface area contributed by atoms with E-state index in [1.165, 1.54) is 18.2 Å². The van der Waals surface area contributed by atoms with Gasteiger partial charge in [-0.3, -0.25) is 0 Å². The Morgan fingerprint density at radius 1 is 1.08 bits per heavy atom. The van der Waals surface area contributed by atoms with Crippen LogP contribution in [-0.2, 0) is 4.79 Å². The molecule has 0 heterocycles. The summed E-state index contributed by atoms with van der Waals surface area (Å²) in [4.78, 5) is 23.0. The number of hydrogen-bond donors (Lipinski definition) is 1. The largest absolute Gasteiger partial charge is 0.478 e. The average molecular weight is 479 g/mol. The molecule has 1 atom stereocenters. The van der Waals surface area contributed by atoms with Crippen molar-refractivity contribution in [3.8, 4) is 11.5 Å². The van der Waals surface area contributed by atoms with Gasteiger partial charge in [0.1, 0.15) is 11.5 Å². The number of carboxylic acid groups (broad SMARTS) is 1. The lowest BCUT2D eigenvalue weighted by Gasteiger charge is -2.15. The van der Waals surface area contributed by atoms with Gasteiger partial charge in [0.2, 0.25) is 0 Å². The van der Waals surface area contributed by atoms with Crippen LogP contribution in [0.2, 0.25) is 5.02 Å². The fraction of sp³-hybridized carbons (Fsp3) is 0.125. The Balaban J connectivity index is 2.07. The van der Waals surface area contributed by atoms with E-state index in [-0.39, 0.29) is 11.3 Å². The maximum atomic E-state index is 12.1.